The lowest BCUT2D eigenvalue weighted by Gasteiger charge is -2.10. The number of halogens is 1. The molecule has 0 radical (unpaired) electrons. The summed E-state index contributed by atoms with van der Waals surface area (Å²) in [6, 6.07) is 13.1. The minimum Gasteiger partial charge on any atom is -0.462 e. The molecule has 5 aromatic rings. The van der Waals surface area contributed by atoms with Gasteiger partial charge in [-0.2, -0.15) is 0 Å². The van der Waals surface area contributed by atoms with Crippen LogP contribution in [0.4, 0.5) is 5.00 Å². The molecule has 7 nitrogen and oxygen atoms in total. The van der Waals surface area contributed by atoms with Gasteiger partial charge in [0.15, 0.2) is 0 Å². The van der Waals surface area contributed by atoms with Crippen molar-refractivity contribution in [2.24, 2.45) is 0 Å². The number of aromatic nitrogens is 2. The number of nitrogens with one attached hydrogen (secondary N) is 1. The number of aryl methyl sites for hydroxylation is 2. The largest absolute Gasteiger partial charge is 0.462 e. The fraction of sp³-hybridized carbons (Fsp3) is 0.172. The molecule has 5 rings (SSSR count). The summed E-state index contributed by atoms with van der Waals surface area (Å²) in [6.07, 6.45) is 1.38. The number of fused-ring (bicyclic) bond motifs is 1. The van der Waals surface area contributed by atoms with Crippen molar-refractivity contribution in [2.45, 2.75) is 27.3 Å². The molecule has 0 atom stereocenters. The van der Waals surface area contributed by atoms with Crippen LogP contribution in [0.3, 0.4) is 0 Å². The molecular weight excluding hydrogens is 554 g/mol. The quantitative estimate of drug-likeness (QED) is 0.212. The van der Waals surface area contributed by atoms with E-state index in [0.29, 0.717) is 25.8 Å². The van der Waals surface area contributed by atoms with Gasteiger partial charge in [-0.05, 0) is 55.2 Å². The molecule has 198 valence electrons. The number of hydrogen-bond donors (Lipinski definition) is 1. The minimum absolute atomic E-state index is 0.187. The minimum atomic E-state index is -0.546. The first-order valence-electron chi connectivity index (χ1n) is 12.2. The van der Waals surface area contributed by atoms with E-state index in [1.165, 1.54) is 39.1 Å². The molecule has 0 unspecified atom stereocenters. The zero-order valence-corrected chi connectivity index (χ0v) is 23.8. The molecule has 2 aromatic carbocycles. The highest BCUT2D eigenvalue weighted by atomic mass is 35.5. The maximum Gasteiger partial charge on any atom is 0.341 e. The van der Waals surface area contributed by atoms with E-state index in [0.717, 1.165) is 22.3 Å². The molecule has 0 spiro atoms. The Morgan fingerprint density at radius 1 is 1.00 bits per heavy atom. The smallest absolute Gasteiger partial charge is 0.341 e. The highest BCUT2D eigenvalue weighted by Gasteiger charge is 2.23. The van der Waals surface area contributed by atoms with Gasteiger partial charge in [0, 0.05) is 26.9 Å². The van der Waals surface area contributed by atoms with Gasteiger partial charge in [0.2, 0.25) is 5.91 Å². The summed E-state index contributed by atoms with van der Waals surface area (Å²) in [4.78, 5) is 44.5. The fourth-order valence-electron chi connectivity index (χ4n) is 4.22. The van der Waals surface area contributed by atoms with E-state index in [1.54, 1.807) is 36.6 Å². The molecule has 39 heavy (non-hydrogen) atoms. The molecule has 3 heterocycles. The Morgan fingerprint density at radius 3 is 2.44 bits per heavy atom. The van der Waals surface area contributed by atoms with Crippen LogP contribution in [0.15, 0.2) is 64.3 Å². The van der Waals surface area contributed by atoms with E-state index < -0.39 is 11.9 Å². The second-order valence-electron chi connectivity index (χ2n) is 8.94. The van der Waals surface area contributed by atoms with Crippen LogP contribution in [0.25, 0.3) is 32.5 Å². The van der Waals surface area contributed by atoms with Gasteiger partial charge in [0.1, 0.15) is 21.9 Å². The third kappa shape index (κ3) is 5.38. The van der Waals surface area contributed by atoms with Crippen LogP contribution in [0.2, 0.25) is 5.02 Å². The summed E-state index contributed by atoms with van der Waals surface area (Å²) in [5.74, 6) is -1.01. The van der Waals surface area contributed by atoms with Gasteiger partial charge < -0.3 is 10.1 Å². The number of carbonyl (C=O) groups excluding carboxylic acids is 2. The Balaban J connectivity index is 1.45. The number of carbonyl (C=O) groups is 2. The van der Waals surface area contributed by atoms with Crippen LogP contribution >= 0.6 is 34.3 Å². The summed E-state index contributed by atoms with van der Waals surface area (Å²) in [5, 5.41) is 7.90. The predicted molar refractivity (Wildman–Crippen MR) is 158 cm³/mol. The lowest BCUT2D eigenvalue weighted by Crippen LogP contribution is -2.28. The fourth-order valence-corrected chi connectivity index (χ4v) is 6.23. The Morgan fingerprint density at radius 2 is 1.72 bits per heavy atom. The Kier molecular flexibility index (Phi) is 7.65. The normalized spacial score (nSPS) is 11.1. The number of hydrogen-bond acceptors (Lipinski definition) is 7. The van der Waals surface area contributed by atoms with Crippen molar-refractivity contribution in [1.29, 1.82) is 0 Å². The summed E-state index contributed by atoms with van der Waals surface area (Å²) in [6.45, 7) is 5.71. The van der Waals surface area contributed by atoms with Crippen molar-refractivity contribution >= 4 is 61.4 Å². The maximum absolute atomic E-state index is 13.5. The topological polar surface area (TPSA) is 90.3 Å². The molecule has 0 bridgehead atoms. The molecule has 3 aromatic heterocycles. The molecule has 0 aliphatic heterocycles. The number of thiophene rings is 2. The van der Waals surface area contributed by atoms with Crippen LogP contribution in [0.5, 0.6) is 0 Å². The third-order valence-corrected chi connectivity index (χ3v) is 8.41. The predicted octanol–water partition coefficient (Wildman–Crippen LogP) is 6.94. The van der Waals surface area contributed by atoms with E-state index >= 15 is 0 Å². The molecular formula is C29H24ClN3O4S2. The number of amides is 1. The molecule has 1 amide bonds. The van der Waals surface area contributed by atoms with Gasteiger partial charge in [-0.15, -0.1) is 22.7 Å². The molecule has 0 saturated heterocycles. The standard InChI is InChI=1S/C29H24ClN3O4S2/c1-4-37-29(36)25-21(18-7-9-20(30)10-8-18)13-39-27(25)32-23(34)12-33-15-31-26-24(28(33)35)22(14-38-26)19-6-5-16(2)17(3)11-19/h5-11,13-15H,4,12H2,1-3H3,(H,32,34). The van der Waals surface area contributed by atoms with Crippen LogP contribution in [0, 0.1) is 13.8 Å². The lowest BCUT2D eigenvalue weighted by molar-refractivity contribution is -0.116. The van der Waals surface area contributed by atoms with Crippen molar-refractivity contribution in [1.82, 2.24) is 9.55 Å². The highest BCUT2D eigenvalue weighted by molar-refractivity contribution is 7.17. The monoisotopic (exact) mass is 577 g/mol. The van der Waals surface area contributed by atoms with Gasteiger partial charge in [0.05, 0.1) is 18.3 Å². The van der Waals surface area contributed by atoms with Crippen molar-refractivity contribution in [2.75, 3.05) is 11.9 Å². The highest BCUT2D eigenvalue weighted by Crippen LogP contribution is 2.37. The summed E-state index contributed by atoms with van der Waals surface area (Å²) in [5.41, 5.74) is 5.36. The van der Waals surface area contributed by atoms with Crippen LogP contribution < -0.4 is 10.9 Å². The number of nitrogens with zero attached hydrogens (tertiary/aromatic N) is 2. The zero-order valence-electron chi connectivity index (χ0n) is 21.4. The summed E-state index contributed by atoms with van der Waals surface area (Å²) < 4.78 is 6.55. The van der Waals surface area contributed by atoms with Gasteiger partial charge >= 0.3 is 5.97 Å². The summed E-state index contributed by atoms with van der Waals surface area (Å²) in [7, 11) is 0. The number of benzene rings is 2. The van der Waals surface area contributed by atoms with Gasteiger partial charge in [-0.25, -0.2) is 9.78 Å². The second-order valence-corrected chi connectivity index (χ2v) is 11.1. The SMILES string of the molecule is CCOC(=O)c1c(-c2ccc(Cl)cc2)csc1NC(=O)Cn1cnc2scc(-c3ccc(C)c(C)c3)c2c1=O. The number of anilines is 1. The van der Waals surface area contributed by atoms with E-state index in [-0.39, 0.29) is 24.3 Å². The summed E-state index contributed by atoms with van der Waals surface area (Å²) >= 11 is 8.63. The molecule has 0 fully saturated rings. The Bertz CT molecular complexity index is 1770. The van der Waals surface area contributed by atoms with Crippen LogP contribution in [0.1, 0.15) is 28.4 Å². The molecule has 1 N–H and O–H groups in total. The van der Waals surface area contributed by atoms with Crippen molar-refractivity contribution < 1.29 is 14.3 Å². The maximum atomic E-state index is 13.5. The third-order valence-electron chi connectivity index (χ3n) is 6.37. The van der Waals surface area contributed by atoms with Crippen molar-refractivity contribution in [3.63, 3.8) is 0 Å². The van der Waals surface area contributed by atoms with Crippen LogP contribution in [-0.4, -0.2) is 28.0 Å². The Hall–Kier alpha value is -3.79. The van der Waals surface area contributed by atoms with E-state index in [1.807, 2.05) is 37.4 Å². The average Bonchev–Trinajstić information content (AvgIpc) is 3.53. The van der Waals surface area contributed by atoms with E-state index in [4.69, 9.17) is 16.3 Å². The second kappa shape index (κ2) is 11.1. The first kappa shape index (κ1) is 26.8. The van der Waals surface area contributed by atoms with Crippen molar-refractivity contribution in [3.8, 4) is 22.3 Å². The molecule has 0 aliphatic rings. The number of ether oxygens (including phenoxy) is 1. The van der Waals surface area contributed by atoms with E-state index in [2.05, 4.69) is 10.3 Å². The number of esters is 1. The molecule has 0 saturated carbocycles. The van der Waals surface area contributed by atoms with Gasteiger partial charge in [-0.3, -0.25) is 14.2 Å². The van der Waals surface area contributed by atoms with Crippen molar-refractivity contribution in [3.05, 3.63) is 91.6 Å². The Labute approximate surface area is 237 Å². The molecule has 0 aliphatic carbocycles. The average molecular weight is 578 g/mol. The lowest BCUT2D eigenvalue weighted by atomic mass is 10.0. The molecule has 10 heteroatoms. The van der Waals surface area contributed by atoms with Gasteiger partial charge in [0.25, 0.3) is 5.56 Å². The first-order chi connectivity index (χ1) is 18.8. The van der Waals surface area contributed by atoms with Crippen LogP contribution in [-0.2, 0) is 16.1 Å². The van der Waals surface area contributed by atoms with E-state index in [9.17, 15) is 14.4 Å². The first-order valence-corrected chi connectivity index (χ1v) is 14.3. The number of rotatable bonds is 7. The van der Waals surface area contributed by atoms with Gasteiger partial charge in [-0.1, -0.05) is 41.9 Å². The zero-order chi connectivity index (χ0) is 27.7.